The zero-order valence-electron chi connectivity index (χ0n) is 19.3. The standard InChI is InChI=1S/C27H40O4/c1-29-25-20-18-24(19-21-25)22-30-23-26-16-14-12-10-8-6-4-2-3-5-7-9-11-13-15-17-27(28)31-26/h18-21,26H,2-14,16,22-23H2,1H3. The fraction of sp³-hybridized carbons (Fsp3) is 0.667. The van der Waals surface area contributed by atoms with E-state index >= 15 is 0 Å². The number of benzene rings is 1. The lowest BCUT2D eigenvalue weighted by atomic mass is 10.0. The molecule has 4 nitrogen and oxygen atoms in total. The molecule has 0 aromatic heterocycles. The summed E-state index contributed by atoms with van der Waals surface area (Å²) in [5.41, 5.74) is 1.07. The maximum absolute atomic E-state index is 12.2. The smallest absolute Gasteiger partial charge is 0.384 e. The van der Waals surface area contributed by atoms with E-state index in [4.69, 9.17) is 14.2 Å². The Morgan fingerprint density at radius 1 is 0.871 bits per heavy atom. The molecule has 0 spiro atoms. The molecule has 2 rings (SSSR count). The average Bonchev–Trinajstić information content (AvgIpc) is 2.78. The summed E-state index contributed by atoms with van der Waals surface area (Å²) in [5.74, 6) is 6.06. The Bertz CT molecular complexity index is 656. The Morgan fingerprint density at radius 2 is 1.45 bits per heavy atom. The second-order valence-electron chi connectivity index (χ2n) is 8.47. The number of carbonyl (C=O) groups excluding carboxylic acids is 1. The summed E-state index contributed by atoms with van der Waals surface area (Å²) >= 11 is 0. The molecule has 1 aliphatic rings. The first-order chi connectivity index (χ1) is 15.3. The van der Waals surface area contributed by atoms with Crippen molar-refractivity contribution in [2.75, 3.05) is 13.7 Å². The van der Waals surface area contributed by atoms with E-state index in [0.717, 1.165) is 37.0 Å². The molecular formula is C27H40O4. The summed E-state index contributed by atoms with van der Waals surface area (Å²) < 4.78 is 16.7. The highest BCUT2D eigenvalue weighted by atomic mass is 16.6. The van der Waals surface area contributed by atoms with Crippen molar-refractivity contribution >= 4 is 5.97 Å². The van der Waals surface area contributed by atoms with Crippen molar-refractivity contribution in [2.45, 2.75) is 103 Å². The van der Waals surface area contributed by atoms with Gasteiger partial charge in [-0.05, 0) is 37.0 Å². The van der Waals surface area contributed by atoms with E-state index in [9.17, 15) is 4.79 Å². The van der Waals surface area contributed by atoms with Crippen LogP contribution in [0.1, 0.15) is 95.5 Å². The van der Waals surface area contributed by atoms with Crippen LogP contribution < -0.4 is 4.74 Å². The molecule has 1 atom stereocenters. The monoisotopic (exact) mass is 428 g/mol. The summed E-state index contributed by atoms with van der Waals surface area (Å²) in [6, 6.07) is 7.82. The number of hydrogen-bond donors (Lipinski definition) is 0. The predicted molar refractivity (Wildman–Crippen MR) is 125 cm³/mol. The van der Waals surface area contributed by atoms with E-state index in [1.165, 1.54) is 64.2 Å². The van der Waals surface area contributed by atoms with Gasteiger partial charge in [-0.1, -0.05) is 82.3 Å². The molecule has 0 saturated heterocycles. The zero-order valence-corrected chi connectivity index (χ0v) is 19.3. The third kappa shape index (κ3) is 12.5. The highest BCUT2D eigenvalue weighted by Crippen LogP contribution is 2.16. The zero-order chi connectivity index (χ0) is 22.0. The first-order valence-electron chi connectivity index (χ1n) is 12.2. The second-order valence-corrected chi connectivity index (χ2v) is 8.47. The minimum atomic E-state index is -0.420. The van der Waals surface area contributed by atoms with Gasteiger partial charge in [-0.15, -0.1) is 0 Å². The molecule has 0 amide bonds. The van der Waals surface area contributed by atoms with Crippen molar-refractivity contribution in [3.63, 3.8) is 0 Å². The van der Waals surface area contributed by atoms with Gasteiger partial charge in [0.1, 0.15) is 11.9 Å². The molecule has 31 heavy (non-hydrogen) atoms. The summed E-state index contributed by atoms with van der Waals surface area (Å²) in [6.07, 6.45) is 16.5. The van der Waals surface area contributed by atoms with E-state index in [2.05, 4.69) is 11.8 Å². The van der Waals surface area contributed by atoms with E-state index < -0.39 is 5.97 Å². The molecular weight excluding hydrogens is 388 g/mol. The largest absolute Gasteiger partial charge is 0.497 e. The number of hydrogen-bond acceptors (Lipinski definition) is 4. The highest BCUT2D eigenvalue weighted by Gasteiger charge is 2.14. The fourth-order valence-electron chi connectivity index (χ4n) is 3.87. The van der Waals surface area contributed by atoms with Crippen LogP contribution in [0, 0.1) is 11.8 Å². The third-order valence-electron chi connectivity index (χ3n) is 5.77. The van der Waals surface area contributed by atoms with Gasteiger partial charge in [-0.2, -0.15) is 0 Å². The minimum Gasteiger partial charge on any atom is -0.497 e. The van der Waals surface area contributed by atoms with E-state index in [-0.39, 0.29) is 6.10 Å². The van der Waals surface area contributed by atoms with Crippen LogP contribution in [0.2, 0.25) is 0 Å². The third-order valence-corrected chi connectivity index (χ3v) is 5.77. The number of methoxy groups -OCH3 is 1. The molecule has 0 fully saturated rings. The molecule has 172 valence electrons. The molecule has 1 aliphatic heterocycles. The van der Waals surface area contributed by atoms with Crippen LogP contribution in [0.5, 0.6) is 5.75 Å². The maximum atomic E-state index is 12.2. The lowest BCUT2D eigenvalue weighted by Gasteiger charge is -2.17. The van der Waals surface area contributed by atoms with Crippen molar-refractivity contribution in [3.8, 4) is 17.6 Å². The first-order valence-corrected chi connectivity index (χ1v) is 12.2. The molecule has 0 N–H and O–H groups in total. The van der Waals surface area contributed by atoms with Crippen molar-refractivity contribution in [2.24, 2.45) is 0 Å². The number of rotatable bonds is 5. The van der Waals surface area contributed by atoms with Crippen LogP contribution in [-0.2, 0) is 20.9 Å². The first kappa shape index (κ1) is 25.3. The van der Waals surface area contributed by atoms with Gasteiger partial charge in [0.15, 0.2) is 0 Å². The number of carbonyl (C=O) groups is 1. The van der Waals surface area contributed by atoms with Crippen LogP contribution in [0.25, 0.3) is 0 Å². The molecule has 0 aliphatic carbocycles. The SMILES string of the molecule is COc1ccc(COCC2CCCCCCCCCCCCCCC#CC(=O)O2)cc1. The lowest BCUT2D eigenvalue weighted by Crippen LogP contribution is -2.23. The lowest BCUT2D eigenvalue weighted by molar-refractivity contribution is -0.145. The van der Waals surface area contributed by atoms with E-state index in [1.807, 2.05) is 24.3 Å². The number of ether oxygens (including phenoxy) is 3. The highest BCUT2D eigenvalue weighted by molar-refractivity contribution is 5.88. The minimum absolute atomic E-state index is 0.234. The van der Waals surface area contributed by atoms with Gasteiger partial charge in [0.25, 0.3) is 0 Å². The van der Waals surface area contributed by atoms with E-state index in [1.54, 1.807) is 7.11 Å². The Hall–Kier alpha value is -1.99. The molecule has 0 bridgehead atoms. The van der Waals surface area contributed by atoms with Gasteiger partial charge in [-0.3, -0.25) is 0 Å². The molecule has 0 radical (unpaired) electrons. The van der Waals surface area contributed by atoms with E-state index in [0.29, 0.717) is 13.2 Å². The van der Waals surface area contributed by atoms with Crippen molar-refractivity contribution in [3.05, 3.63) is 29.8 Å². The number of esters is 1. The number of cyclic esters (lactones) is 1. The second kappa shape index (κ2) is 16.7. The van der Waals surface area contributed by atoms with Gasteiger partial charge >= 0.3 is 5.97 Å². The Morgan fingerprint density at radius 3 is 2.06 bits per heavy atom. The van der Waals surface area contributed by atoms with Crippen LogP contribution in [0.4, 0.5) is 0 Å². The van der Waals surface area contributed by atoms with Crippen molar-refractivity contribution < 1.29 is 19.0 Å². The van der Waals surface area contributed by atoms with Gasteiger partial charge in [0.05, 0.1) is 20.3 Å². The van der Waals surface area contributed by atoms with Crippen LogP contribution in [-0.4, -0.2) is 25.8 Å². The van der Waals surface area contributed by atoms with Crippen molar-refractivity contribution in [1.82, 2.24) is 0 Å². The molecule has 1 unspecified atom stereocenters. The summed E-state index contributed by atoms with van der Waals surface area (Å²) in [6.45, 7) is 0.892. The van der Waals surface area contributed by atoms with Crippen LogP contribution in [0.3, 0.4) is 0 Å². The molecule has 4 heteroatoms. The fourth-order valence-corrected chi connectivity index (χ4v) is 3.87. The molecule has 1 aromatic carbocycles. The van der Waals surface area contributed by atoms with Gasteiger partial charge in [-0.25, -0.2) is 4.79 Å². The Kier molecular flexibility index (Phi) is 13.6. The summed E-state index contributed by atoms with van der Waals surface area (Å²) in [4.78, 5) is 12.2. The Labute approximate surface area is 189 Å². The molecule has 1 aromatic rings. The topological polar surface area (TPSA) is 44.8 Å². The average molecular weight is 429 g/mol. The predicted octanol–water partition coefficient (Wildman–Crippen LogP) is 6.60. The summed E-state index contributed by atoms with van der Waals surface area (Å²) in [5, 5.41) is 0. The van der Waals surface area contributed by atoms with Crippen LogP contribution in [0.15, 0.2) is 24.3 Å². The van der Waals surface area contributed by atoms with Gasteiger partial charge in [0.2, 0.25) is 0 Å². The van der Waals surface area contributed by atoms with Crippen LogP contribution >= 0.6 is 0 Å². The van der Waals surface area contributed by atoms with Gasteiger partial charge < -0.3 is 14.2 Å². The quantitative estimate of drug-likeness (QED) is 0.301. The summed E-state index contributed by atoms with van der Waals surface area (Å²) in [7, 11) is 1.66. The Balaban J connectivity index is 1.81. The molecule has 1 heterocycles. The maximum Gasteiger partial charge on any atom is 0.384 e. The molecule has 0 saturated carbocycles. The van der Waals surface area contributed by atoms with Crippen molar-refractivity contribution in [1.29, 1.82) is 0 Å². The van der Waals surface area contributed by atoms with Gasteiger partial charge in [0, 0.05) is 12.3 Å². The normalized spacial score (nSPS) is 20.3.